The van der Waals surface area contributed by atoms with E-state index in [9.17, 15) is 5.11 Å². The number of hydrogen-bond donors (Lipinski definition) is 2. The number of halogens is 1. The summed E-state index contributed by atoms with van der Waals surface area (Å²) < 4.78 is 0. The van der Waals surface area contributed by atoms with Gasteiger partial charge in [0.15, 0.2) is 0 Å². The largest absolute Gasteiger partial charge is 0.506 e. The van der Waals surface area contributed by atoms with Gasteiger partial charge in [0.05, 0.1) is 4.90 Å². The fourth-order valence-electron chi connectivity index (χ4n) is 1.27. The molecule has 1 nitrogen and oxygen atoms in total. The van der Waals surface area contributed by atoms with Crippen LogP contribution in [0.2, 0.25) is 0 Å². The first-order valence-electron chi connectivity index (χ1n) is 4.64. The molecule has 0 aliphatic carbocycles. The van der Waals surface area contributed by atoms with Gasteiger partial charge in [0.1, 0.15) is 5.75 Å². The van der Waals surface area contributed by atoms with Gasteiger partial charge >= 0.3 is 0 Å². The maximum atomic E-state index is 9.88. The highest BCUT2D eigenvalue weighted by atomic mass is 79.9. The molecular weight excluding hydrogens is 292 g/mol. The lowest BCUT2D eigenvalue weighted by Gasteiger charge is -2.21. The molecule has 0 bridgehead atoms. The van der Waals surface area contributed by atoms with Crippen LogP contribution in [-0.4, -0.2) is 5.11 Å². The summed E-state index contributed by atoms with van der Waals surface area (Å²) in [6.45, 7) is 6.47. The minimum Gasteiger partial charge on any atom is -0.506 e. The Morgan fingerprint density at radius 1 is 1.40 bits per heavy atom. The van der Waals surface area contributed by atoms with Crippen LogP contribution >= 0.6 is 38.4 Å². The fraction of sp³-hybridized carbons (Fsp3) is 0.455. The predicted molar refractivity (Wildman–Crippen MR) is 74.3 cm³/mol. The van der Waals surface area contributed by atoms with Crippen molar-refractivity contribution >= 4 is 38.4 Å². The molecule has 0 amide bonds. The van der Waals surface area contributed by atoms with Crippen molar-refractivity contribution in [3.63, 3.8) is 0 Å². The second-order valence-electron chi connectivity index (χ2n) is 4.46. The van der Waals surface area contributed by atoms with Crippen molar-refractivity contribution in [3.8, 4) is 5.75 Å². The number of phenols is 1. The third kappa shape index (κ3) is 3.08. The molecule has 84 valence electrons. The maximum Gasteiger partial charge on any atom is 0.134 e. The van der Waals surface area contributed by atoms with Crippen molar-refractivity contribution in [2.45, 2.75) is 36.4 Å². The summed E-state index contributed by atoms with van der Waals surface area (Å²) in [6, 6.07) is 4.04. The van der Waals surface area contributed by atoms with Crippen molar-refractivity contribution < 1.29 is 5.11 Å². The van der Waals surface area contributed by atoms with E-state index in [0.29, 0.717) is 11.1 Å². The van der Waals surface area contributed by atoms with Crippen LogP contribution in [0.1, 0.15) is 31.9 Å². The van der Waals surface area contributed by atoms with E-state index < -0.39 is 0 Å². The number of aromatic hydroxyl groups is 1. The summed E-state index contributed by atoms with van der Waals surface area (Å²) in [5.74, 6) is 0.333. The molecule has 0 aliphatic rings. The highest BCUT2D eigenvalue weighted by molar-refractivity contribution is 9.08. The van der Waals surface area contributed by atoms with E-state index in [2.05, 4.69) is 48.4 Å². The maximum absolute atomic E-state index is 9.88. The van der Waals surface area contributed by atoms with Gasteiger partial charge in [-0.05, 0) is 17.0 Å². The van der Waals surface area contributed by atoms with Crippen LogP contribution in [0.15, 0.2) is 17.0 Å². The first kappa shape index (κ1) is 13.3. The van der Waals surface area contributed by atoms with E-state index >= 15 is 0 Å². The first-order valence-corrected chi connectivity index (χ1v) is 7.63. The summed E-state index contributed by atoms with van der Waals surface area (Å²) in [6.07, 6.45) is 0. The van der Waals surface area contributed by atoms with Crippen LogP contribution in [0.3, 0.4) is 0 Å². The third-order valence-corrected chi connectivity index (χ3v) is 3.96. The fourth-order valence-corrected chi connectivity index (χ4v) is 2.51. The standard InChI is InChI=1S/C11H15BrOS2/c1-11(2,3)8-4-7(6-12)10(13)9(5-8)15-14/h4-5,13-14H,6H2,1-3H3. The van der Waals surface area contributed by atoms with Gasteiger partial charge < -0.3 is 5.11 Å². The predicted octanol–water partition coefficient (Wildman–Crippen LogP) is 4.52. The molecule has 0 saturated heterocycles. The molecule has 1 aromatic rings. The van der Waals surface area contributed by atoms with Crippen molar-refractivity contribution in [2.75, 3.05) is 0 Å². The Morgan fingerprint density at radius 2 is 2.00 bits per heavy atom. The highest BCUT2D eigenvalue weighted by Crippen LogP contribution is 2.38. The molecule has 0 spiro atoms. The molecule has 0 heterocycles. The highest BCUT2D eigenvalue weighted by Gasteiger charge is 2.18. The molecule has 0 unspecified atom stereocenters. The normalized spacial score (nSPS) is 11.8. The molecule has 0 atom stereocenters. The van der Waals surface area contributed by atoms with Crippen molar-refractivity contribution in [1.82, 2.24) is 0 Å². The van der Waals surface area contributed by atoms with Crippen LogP contribution in [0.4, 0.5) is 0 Å². The average molecular weight is 307 g/mol. The average Bonchev–Trinajstić information content (AvgIpc) is 2.16. The number of alkyl halides is 1. The molecule has 15 heavy (non-hydrogen) atoms. The Morgan fingerprint density at radius 3 is 2.40 bits per heavy atom. The molecular formula is C11H15BrOS2. The van der Waals surface area contributed by atoms with Crippen LogP contribution in [0, 0.1) is 0 Å². The lowest BCUT2D eigenvalue weighted by atomic mass is 9.86. The zero-order chi connectivity index (χ0) is 11.6. The number of hydrogen-bond acceptors (Lipinski definition) is 3. The van der Waals surface area contributed by atoms with Gasteiger partial charge in [-0.25, -0.2) is 0 Å². The molecule has 0 aliphatic heterocycles. The zero-order valence-corrected chi connectivity index (χ0v) is 12.3. The van der Waals surface area contributed by atoms with Gasteiger partial charge in [-0.2, -0.15) is 0 Å². The van der Waals surface area contributed by atoms with E-state index in [1.807, 2.05) is 12.1 Å². The summed E-state index contributed by atoms with van der Waals surface area (Å²) in [5, 5.41) is 10.5. The Balaban J connectivity index is 3.33. The molecule has 1 N–H and O–H groups in total. The van der Waals surface area contributed by atoms with Crippen molar-refractivity contribution in [3.05, 3.63) is 23.3 Å². The Labute approximate surface area is 109 Å². The minimum absolute atomic E-state index is 0.0862. The molecule has 0 radical (unpaired) electrons. The molecule has 0 fully saturated rings. The lowest BCUT2D eigenvalue weighted by Crippen LogP contribution is -2.11. The van der Waals surface area contributed by atoms with Crippen LogP contribution < -0.4 is 0 Å². The van der Waals surface area contributed by atoms with Crippen LogP contribution in [-0.2, 0) is 10.7 Å². The molecule has 1 aromatic carbocycles. The minimum atomic E-state index is 0.0862. The topological polar surface area (TPSA) is 20.2 Å². The van der Waals surface area contributed by atoms with Crippen molar-refractivity contribution in [2.24, 2.45) is 0 Å². The molecule has 0 saturated carbocycles. The first-order chi connectivity index (χ1) is 6.90. The Bertz CT molecular complexity index is 333. The number of thiol groups is 1. The van der Waals surface area contributed by atoms with Gasteiger partial charge in [0.25, 0.3) is 0 Å². The van der Waals surface area contributed by atoms with E-state index in [4.69, 9.17) is 0 Å². The lowest BCUT2D eigenvalue weighted by molar-refractivity contribution is 0.456. The summed E-state index contributed by atoms with van der Waals surface area (Å²) in [4.78, 5) is 0.820. The van der Waals surface area contributed by atoms with E-state index in [1.165, 1.54) is 16.4 Å². The summed E-state index contributed by atoms with van der Waals surface area (Å²) in [7, 11) is 1.28. The van der Waals surface area contributed by atoms with Crippen LogP contribution in [0.5, 0.6) is 5.75 Å². The van der Waals surface area contributed by atoms with Gasteiger partial charge in [0, 0.05) is 10.9 Å². The zero-order valence-electron chi connectivity index (χ0n) is 9.04. The summed E-state index contributed by atoms with van der Waals surface area (Å²) in [5.41, 5.74) is 2.22. The SMILES string of the molecule is CC(C)(C)c1cc(CBr)c(O)c(SS)c1. The van der Waals surface area contributed by atoms with Gasteiger partial charge in [-0.3, -0.25) is 0 Å². The van der Waals surface area contributed by atoms with Crippen LogP contribution in [0.25, 0.3) is 0 Å². The molecule has 1 rings (SSSR count). The van der Waals surface area contributed by atoms with E-state index in [-0.39, 0.29) is 5.41 Å². The number of phenolic OH excluding ortho intramolecular Hbond substituents is 1. The Hall–Kier alpha value is 0.200. The van der Waals surface area contributed by atoms with Gasteiger partial charge in [-0.15, -0.1) is 11.7 Å². The van der Waals surface area contributed by atoms with E-state index in [0.717, 1.165) is 10.5 Å². The molecule has 4 heteroatoms. The van der Waals surface area contributed by atoms with Crippen molar-refractivity contribution in [1.29, 1.82) is 0 Å². The quantitative estimate of drug-likeness (QED) is 0.476. The van der Waals surface area contributed by atoms with Gasteiger partial charge in [-0.1, -0.05) is 53.6 Å². The third-order valence-electron chi connectivity index (χ3n) is 2.26. The van der Waals surface area contributed by atoms with E-state index in [1.54, 1.807) is 0 Å². The van der Waals surface area contributed by atoms with Gasteiger partial charge in [0.2, 0.25) is 0 Å². The smallest absolute Gasteiger partial charge is 0.134 e. The molecule has 0 aromatic heterocycles. The Kier molecular flexibility index (Phi) is 4.44. The summed E-state index contributed by atoms with van der Waals surface area (Å²) >= 11 is 7.53. The number of rotatable bonds is 2. The second-order valence-corrected chi connectivity index (χ2v) is 6.19. The second kappa shape index (κ2) is 5.02. The number of benzene rings is 1. The monoisotopic (exact) mass is 306 g/mol.